The first-order valence-electron chi connectivity index (χ1n) is 14.5. The van der Waals surface area contributed by atoms with Gasteiger partial charge in [0.15, 0.2) is 6.10 Å². The molecule has 0 bridgehead atoms. The van der Waals surface area contributed by atoms with Gasteiger partial charge >= 0.3 is 5.97 Å². The van der Waals surface area contributed by atoms with E-state index >= 15 is 0 Å². The lowest BCUT2D eigenvalue weighted by atomic mass is 9.95. The summed E-state index contributed by atoms with van der Waals surface area (Å²) in [6, 6.07) is 28.9. The van der Waals surface area contributed by atoms with Crippen molar-refractivity contribution < 1.29 is 33.2 Å². The van der Waals surface area contributed by atoms with E-state index < -0.39 is 51.8 Å². The molecule has 242 valence electrons. The Morgan fingerprint density at radius 1 is 0.711 bits per heavy atom. The molecule has 0 unspecified atom stereocenters. The molecule has 1 N–H and O–H groups in total. The van der Waals surface area contributed by atoms with Crippen molar-refractivity contribution in [3.8, 4) is 0 Å². The van der Waals surface area contributed by atoms with Gasteiger partial charge in [-0.15, -0.1) is 0 Å². The predicted molar refractivity (Wildman–Crippen MR) is 173 cm³/mol. The molecule has 1 fully saturated rings. The number of benzene rings is 3. The molecular formula is C34H38Cl3NO7. The molecule has 0 aliphatic carbocycles. The lowest BCUT2D eigenvalue weighted by Gasteiger charge is -2.45. The van der Waals surface area contributed by atoms with E-state index in [1.54, 1.807) is 20.8 Å². The van der Waals surface area contributed by atoms with Crippen LogP contribution in [0.2, 0.25) is 0 Å². The van der Waals surface area contributed by atoms with Crippen LogP contribution < -0.4 is 0 Å². The third-order valence-electron chi connectivity index (χ3n) is 6.90. The molecule has 45 heavy (non-hydrogen) atoms. The molecule has 0 saturated carbocycles. The number of rotatable bonds is 12. The smallest absolute Gasteiger partial charge is 0.311 e. The molecular weight excluding hydrogens is 641 g/mol. The zero-order chi connectivity index (χ0) is 32.5. The molecule has 1 heterocycles. The molecule has 4 rings (SSSR count). The van der Waals surface area contributed by atoms with Gasteiger partial charge in [-0.25, -0.2) is 0 Å². The number of carbonyl (C=O) groups excluding carboxylic acids is 1. The maximum atomic E-state index is 13.3. The molecule has 1 aliphatic heterocycles. The highest BCUT2D eigenvalue weighted by Gasteiger charge is 2.52. The summed E-state index contributed by atoms with van der Waals surface area (Å²) >= 11 is 17.9. The molecule has 0 radical (unpaired) electrons. The van der Waals surface area contributed by atoms with Gasteiger partial charge < -0.3 is 28.4 Å². The predicted octanol–water partition coefficient (Wildman–Crippen LogP) is 7.42. The topological polar surface area (TPSA) is 96.3 Å². The van der Waals surface area contributed by atoms with Crippen molar-refractivity contribution >= 4 is 46.7 Å². The third-order valence-corrected chi connectivity index (χ3v) is 7.42. The van der Waals surface area contributed by atoms with Crippen LogP contribution in [0.15, 0.2) is 91.0 Å². The van der Waals surface area contributed by atoms with Gasteiger partial charge in [0.05, 0.1) is 31.8 Å². The van der Waals surface area contributed by atoms with Crippen molar-refractivity contribution in [3.63, 3.8) is 0 Å². The van der Waals surface area contributed by atoms with E-state index in [0.29, 0.717) is 6.61 Å². The first kappa shape index (κ1) is 35.2. The van der Waals surface area contributed by atoms with Gasteiger partial charge in [-0.1, -0.05) is 126 Å². The molecule has 0 amide bonds. The van der Waals surface area contributed by atoms with Crippen molar-refractivity contribution in [2.75, 3.05) is 6.61 Å². The Kier molecular flexibility index (Phi) is 12.7. The molecule has 0 spiro atoms. The summed E-state index contributed by atoms with van der Waals surface area (Å²) in [5.41, 5.74) is 1.89. The van der Waals surface area contributed by atoms with Crippen LogP contribution in [0.25, 0.3) is 0 Å². The van der Waals surface area contributed by atoms with Crippen molar-refractivity contribution in [1.82, 2.24) is 0 Å². The van der Waals surface area contributed by atoms with E-state index in [1.807, 2.05) is 91.0 Å². The molecule has 3 aromatic rings. The molecule has 1 saturated heterocycles. The Bertz CT molecular complexity index is 1350. The van der Waals surface area contributed by atoms with Crippen molar-refractivity contribution in [2.45, 2.75) is 75.1 Å². The molecule has 3 aromatic carbocycles. The fraction of sp³-hybridized carbons (Fsp3) is 0.412. The van der Waals surface area contributed by atoms with Gasteiger partial charge in [0, 0.05) is 0 Å². The van der Waals surface area contributed by atoms with Gasteiger partial charge in [0.25, 0.3) is 3.79 Å². The average molecular weight is 679 g/mol. The summed E-state index contributed by atoms with van der Waals surface area (Å²) in [5, 5.41) is 8.29. The van der Waals surface area contributed by atoms with Crippen molar-refractivity contribution in [1.29, 1.82) is 5.41 Å². The Balaban J connectivity index is 1.70. The van der Waals surface area contributed by atoms with Crippen LogP contribution in [0.4, 0.5) is 0 Å². The summed E-state index contributed by atoms with van der Waals surface area (Å²) in [5.74, 6) is -1.25. The quantitative estimate of drug-likeness (QED) is 0.0922. The fourth-order valence-corrected chi connectivity index (χ4v) is 4.64. The lowest BCUT2D eigenvalue weighted by molar-refractivity contribution is -0.307. The summed E-state index contributed by atoms with van der Waals surface area (Å²) in [4.78, 5) is 13.3. The van der Waals surface area contributed by atoms with Crippen LogP contribution in [0.1, 0.15) is 37.5 Å². The Morgan fingerprint density at radius 2 is 1.18 bits per heavy atom. The number of alkyl halides is 3. The van der Waals surface area contributed by atoms with E-state index in [0.717, 1.165) is 16.7 Å². The Hall–Kier alpha value is -2.69. The van der Waals surface area contributed by atoms with E-state index in [2.05, 4.69) is 0 Å². The summed E-state index contributed by atoms with van der Waals surface area (Å²) in [6.07, 6.45) is -5.13. The fourth-order valence-electron chi connectivity index (χ4n) is 4.51. The van der Waals surface area contributed by atoms with Gasteiger partial charge in [-0.2, -0.15) is 0 Å². The highest BCUT2D eigenvalue weighted by Crippen LogP contribution is 2.35. The molecule has 0 aromatic heterocycles. The second kappa shape index (κ2) is 16.2. The van der Waals surface area contributed by atoms with Crippen molar-refractivity contribution in [2.24, 2.45) is 5.41 Å². The average Bonchev–Trinajstić information content (AvgIpc) is 3.01. The maximum absolute atomic E-state index is 13.3. The second-order valence-corrected chi connectivity index (χ2v) is 13.9. The summed E-state index contributed by atoms with van der Waals surface area (Å²) in [6.45, 7) is 5.90. The van der Waals surface area contributed by atoms with E-state index in [9.17, 15) is 4.79 Å². The monoisotopic (exact) mass is 677 g/mol. The highest BCUT2D eigenvalue weighted by molar-refractivity contribution is 6.76. The zero-order valence-electron chi connectivity index (χ0n) is 25.4. The van der Waals surface area contributed by atoms with Crippen LogP contribution in [-0.2, 0) is 53.0 Å². The lowest BCUT2D eigenvalue weighted by Crippen LogP contribution is -2.63. The number of nitrogens with one attached hydrogen (secondary N) is 1. The Labute approximate surface area is 279 Å². The molecule has 11 heteroatoms. The van der Waals surface area contributed by atoms with Crippen LogP contribution in [-0.4, -0.2) is 53.0 Å². The normalized spacial score (nSPS) is 22.0. The number of hydrogen-bond acceptors (Lipinski definition) is 8. The summed E-state index contributed by atoms with van der Waals surface area (Å²) < 4.78 is 35.0. The largest absolute Gasteiger partial charge is 0.452 e. The van der Waals surface area contributed by atoms with Gasteiger partial charge in [-0.05, 0) is 37.5 Å². The summed E-state index contributed by atoms with van der Waals surface area (Å²) in [7, 11) is 0. The van der Waals surface area contributed by atoms with E-state index in [-0.39, 0.29) is 19.8 Å². The van der Waals surface area contributed by atoms with Crippen LogP contribution in [0, 0.1) is 10.8 Å². The van der Waals surface area contributed by atoms with E-state index in [1.165, 1.54) is 0 Å². The van der Waals surface area contributed by atoms with Gasteiger partial charge in [-0.3, -0.25) is 10.2 Å². The number of carbonyl (C=O) groups is 1. The van der Waals surface area contributed by atoms with Gasteiger partial charge in [0.2, 0.25) is 12.2 Å². The van der Waals surface area contributed by atoms with Crippen LogP contribution in [0.5, 0.6) is 0 Å². The number of ether oxygens (including phenoxy) is 6. The first-order valence-corrected chi connectivity index (χ1v) is 15.7. The number of hydrogen-bond donors (Lipinski definition) is 1. The Morgan fingerprint density at radius 3 is 1.64 bits per heavy atom. The highest BCUT2D eigenvalue weighted by atomic mass is 35.6. The van der Waals surface area contributed by atoms with Crippen LogP contribution >= 0.6 is 34.8 Å². The minimum absolute atomic E-state index is 0.0560. The molecule has 5 atom stereocenters. The maximum Gasteiger partial charge on any atom is 0.311 e. The van der Waals surface area contributed by atoms with Crippen molar-refractivity contribution in [3.05, 3.63) is 108 Å². The van der Waals surface area contributed by atoms with Crippen LogP contribution in [0.3, 0.4) is 0 Å². The third kappa shape index (κ3) is 10.7. The molecule has 8 nitrogen and oxygen atoms in total. The molecule has 1 aliphatic rings. The zero-order valence-corrected chi connectivity index (χ0v) is 27.6. The first-order chi connectivity index (χ1) is 21.4. The minimum Gasteiger partial charge on any atom is -0.452 e. The van der Waals surface area contributed by atoms with E-state index in [4.69, 9.17) is 68.6 Å². The standard InChI is InChI=1S/C34H38Cl3NO7/c1-33(2,3)32(39)44-29-28(42-21-25-17-11-6-12-18-25)27(41-20-24-15-9-5-10-16-24)26(22-40-19-23-13-7-4-8-14-23)43-30(29)45-31(38)34(35,36)37/h4-18,26-30,38H,19-22H2,1-3H3/t26-,27+,28+,29-,30+/m1/s1. The minimum atomic E-state index is -2.19. The number of esters is 1. The second-order valence-electron chi connectivity index (χ2n) is 11.6. The SMILES string of the molecule is CC(C)(C)C(=O)O[C@H]1[C@H](OC(=N)C(Cl)(Cl)Cl)O[C@H](COCc2ccccc2)[C@H](OCc2ccccc2)[C@@H]1OCc1ccccc1. The van der Waals surface area contributed by atoms with Gasteiger partial charge in [0.1, 0.15) is 18.3 Å². The number of halogens is 3.